The number of carbonyl (C=O) groups excluding carboxylic acids is 2. The minimum atomic E-state index is -0.768. The molecule has 0 saturated carbocycles. The number of benzene rings is 1. The Morgan fingerprint density at radius 1 is 1.41 bits per heavy atom. The highest BCUT2D eigenvalue weighted by atomic mass is 35.5. The van der Waals surface area contributed by atoms with Crippen LogP contribution in [-0.4, -0.2) is 25.7 Å². The van der Waals surface area contributed by atoms with Crippen LogP contribution in [0.5, 0.6) is 0 Å². The Bertz CT molecular complexity index is 666. The minimum Gasteiger partial charge on any atom is -0.465 e. The third-order valence-electron chi connectivity index (χ3n) is 2.47. The van der Waals surface area contributed by atoms with Crippen LogP contribution < -0.4 is 5.32 Å². The van der Waals surface area contributed by atoms with Gasteiger partial charge in [-0.15, -0.1) is 0 Å². The van der Waals surface area contributed by atoms with Crippen molar-refractivity contribution in [1.82, 2.24) is 0 Å². The zero-order valence-electron chi connectivity index (χ0n) is 11.8. The summed E-state index contributed by atoms with van der Waals surface area (Å²) in [7, 11) is 1.20. The van der Waals surface area contributed by atoms with E-state index in [0.717, 1.165) is 6.20 Å². The quantitative estimate of drug-likeness (QED) is 0.502. The van der Waals surface area contributed by atoms with Crippen molar-refractivity contribution < 1.29 is 19.1 Å². The van der Waals surface area contributed by atoms with E-state index in [9.17, 15) is 9.59 Å². The highest BCUT2D eigenvalue weighted by Crippen LogP contribution is 2.32. The number of nitriles is 1. The first-order valence-corrected chi connectivity index (χ1v) is 6.82. The second kappa shape index (κ2) is 8.27. The number of carbonyl (C=O) groups is 2. The zero-order valence-corrected chi connectivity index (χ0v) is 13.3. The van der Waals surface area contributed by atoms with E-state index in [1.807, 2.05) is 0 Å². The Hall–Kier alpha value is -2.23. The Kier molecular flexibility index (Phi) is 6.70. The molecule has 0 saturated heterocycles. The summed E-state index contributed by atoms with van der Waals surface area (Å²) in [6, 6.07) is 4.63. The predicted octanol–water partition coefficient (Wildman–Crippen LogP) is 3.16. The number of hydrogen-bond acceptors (Lipinski definition) is 6. The summed E-state index contributed by atoms with van der Waals surface area (Å²) in [6.45, 7) is 1.77. The van der Waals surface area contributed by atoms with Crippen molar-refractivity contribution in [3.63, 3.8) is 0 Å². The molecule has 0 radical (unpaired) electrons. The largest absolute Gasteiger partial charge is 0.465 e. The van der Waals surface area contributed by atoms with Crippen LogP contribution in [0.15, 0.2) is 23.9 Å². The fourth-order valence-corrected chi connectivity index (χ4v) is 2.03. The van der Waals surface area contributed by atoms with E-state index in [4.69, 9.17) is 33.2 Å². The van der Waals surface area contributed by atoms with Crippen LogP contribution in [0.4, 0.5) is 5.69 Å². The monoisotopic (exact) mass is 342 g/mol. The Morgan fingerprint density at radius 3 is 2.64 bits per heavy atom. The second-order valence-corrected chi connectivity index (χ2v) is 4.60. The third kappa shape index (κ3) is 4.13. The summed E-state index contributed by atoms with van der Waals surface area (Å²) in [5.41, 5.74) is 0.0230. The lowest BCUT2D eigenvalue weighted by atomic mass is 10.2. The van der Waals surface area contributed by atoms with Gasteiger partial charge in [0.15, 0.2) is 5.57 Å². The van der Waals surface area contributed by atoms with E-state index in [0.29, 0.717) is 0 Å². The average Bonchev–Trinajstić information content (AvgIpc) is 2.49. The van der Waals surface area contributed by atoms with Crippen molar-refractivity contribution in [2.45, 2.75) is 6.92 Å². The SMILES string of the molecule is CCOC(=O)C(C#N)=CNc1ccc(Cl)c(C(=O)OC)c1Cl. The van der Waals surface area contributed by atoms with E-state index in [1.54, 1.807) is 13.0 Å². The van der Waals surface area contributed by atoms with Gasteiger partial charge in [-0.1, -0.05) is 23.2 Å². The van der Waals surface area contributed by atoms with Crippen LogP contribution in [0.2, 0.25) is 10.0 Å². The smallest absolute Gasteiger partial charge is 0.350 e. The maximum absolute atomic E-state index is 11.6. The molecule has 0 atom stereocenters. The van der Waals surface area contributed by atoms with Crippen LogP contribution in [0, 0.1) is 11.3 Å². The Labute approximate surface area is 137 Å². The maximum atomic E-state index is 11.6. The summed E-state index contributed by atoms with van der Waals surface area (Å²) in [6.07, 6.45) is 1.13. The van der Waals surface area contributed by atoms with Gasteiger partial charge in [-0.25, -0.2) is 9.59 Å². The van der Waals surface area contributed by atoms with E-state index in [-0.39, 0.29) is 33.5 Å². The van der Waals surface area contributed by atoms with Crippen molar-refractivity contribution in [3.8, 4) is 6.07 Å². The topological polar surface area (TPSA) is 88.4 Å². The molecule has 116 valence electrons. The number of hydrogen-bond donors (Lipinski definition) is 1. The summed E-state index contributed by atoms with van der Waals surface area (Å²) >= 11 is 12.0. The van der Waals surface area contributed by atoms with Crippen LogP contribution in [0.3, 0.4) is 0 Å². The molecule has 0 bridgehead atoms. The molecule has 8 heteroatoms. The van der Waals surface area contributed by atoms with Gasteiger partial charge in [0.05, 0.1) is 35.0 Å². The average molecular weight is 343 g/mol. The summed E-state index contributed by atoms with van der Waals surface area (Å²) < 4.78 is 9.31. The normalized spacial score (nSPS) is 10.6. The van der Waals surface area contributed by atoms with Crippen molar-refractivity contribution >= 4 is 40.8 Å². The molecule has 0 unspecified atom stereocenters. The van der Waals surface area contributed by atoms with Crippen LogP contribution in [0.1, 0.15) is 17.3 Å². The van der Waals surface area contributed by atoms with Crippen LogP contribution >= 0.6 is 23.2 Å². The van der Waals surface area contributed by atoms with Gasteiger partial charge in [-0.2, -0.15) is 5.26 Å². The van der Waals surface area contributed by atoms with Gasteiger partial charge in [0.2, 0.25) is 0 Å². The maximum Gasteiger partial charge on any atom is 0.350 e. The van der Waals surface area contributed by atoms with Gasteiger partial charge in [0.25, 0.3) is 0 Å². The molecule has 0 spiro atoms. The van der Waals surface area contributed by atoms with E-state index < -0.39 is 11.9 Å². The molecule has 0 aliphatic rings. The molecule has 0 aliphatic heterocycles. The highest BCUT2D eigenvalue weighted by molar-refractivity contribution is 6.41. The molecule has 0 amide bonds. The number of methoxy groups -OCH3 is 1. The predicted molar refractivity (Wildman–Crippen MR) is 81.8 cm³/mol. The summed E-state index contributed by atoms with van der Waals surface area (Å²) in [4.78, 5) is 23.1. The summed E-state index contributed by atoms with van der Waals surface area (Å²) in [5, 5.41) is 11.7. The van der Waals surface area contributed by atoms with Crippen molar-refractivity contribution in [1.29, 1.82) is 5.26 Å². The molecule has 1 aromatic rings. The Balaban J connectivity index is 3.12. The number of halogens is 2. The van der Waals surface area contributed by atoms with Crippen molar-refractivity contribution in [2.75, 3.05) is 19.0 Å². The number of ether oxygens (including phenoxy) is 2. The van der Waals surface area contributed by atoms with Gasteiger partial charge in [-0.05, 0) is 19.1 Å². The molecular formula is C14H12Cl2N2O4. The number of nitrogens with one attached hydrogen (secondary N) is 1. The van der Waals surface area contributed by atoms with Crippen LogP contribution in [-0.2, 0) is 14.3 Å². The fourth-order valence-electron chi connectivity index (χ4n) is 1.45. The van der Waals surface area contributed by atoms with Gasteiger partial charge < -0.3 is 14.8 Å². The lowest BCUT2D eigenvalue weighted by Crippen LogP contribution is -2.08. The molecule has 1 N–H and O–H groups in total. The molecule has 0 aliphatic carbocycles. The lowest BCUT2D eigenvalue weighted by molar-refractivity contribution is -0.138. The number of anilines is 1. The van der Waals surface area contributed by atoms with Crippen molar-refractivity contribution in [2.24, 2.45) is 0 Å². The van der Waals surface area contributed by atoms with E-state index >= 15 is 0 Å². The summed E-state index contributed by atoms with van der Waals surface area (Å²) in [5.74, 6) is -1.47. The van der Waals surface area contributed by atoms with Crippen LogP contribution in [0.25, 0.3) is 0 Å². The molecule has 6 nitrogen and oxygen atoms in total. The first-order chi connectivity index (χ1) is 10.5. The van der Waals surface area contributed by atoms with Gasteiger partial charge in [0, 0.05) is 6.20 Å². The van der Waals surface area contributed by atoms with Gasteiger partial charge >= 0.3 is 11.9 Å². The van der Waals surface area contributed by atoms with E-state index in [2.05, 4.69) is 10.1 Å². The zero-order chi connectivity index (χ0) is 16.7. The first kappa shape index (κ1) is 17.8. The Morgan fingerprint density at radius 2 is 2.09 bits per heavy atom. The molecule has 0 fully saturated rings. The lowest BCUT2D eigenvalue weighted by Gasteiger charge is -2.10. The highest BCUT2D eigenvalue weighted by Gasteiger charge is 2.18. The molecule has 0 heterocycles. The third-order valence-corrected chi connectivity index (χ3v) is 3.18. The number of nitrogens with zero attached hydrogens (tertiary/aromatic N) is 1. The fraction of sp³-hybridized carbons (Fsp3) is 0.214. The molecule has 0 aromatic heterocycles. The van der Waals surface area contributed by atoms with Crippen molar-refractivity contribution in [3.05, 3.63) is 39.5 Å². The molecular weight excluding hydrogens is 331 g/mol. The van der Waals surface area contributed by atoms with E-state index in [1.165, 1.54) is 19.2 Å². The molecule has 1 aromatic carbocycles. The minimum absolute atomic E-state index is 0.0109. The standard InChI is InChI=1S/C14H12Cl2N2O4/c1-3-22-13(19)8(6-17)7-18-10-5-4-9(15)11(12(10)16)14(20)21-2/h4-5,7,18H,3H2,1-2H3. The number of rotatable bonds is 5. The van der Waals surface area contributed by atoms with Gasteiger partial charge in [0.1, 0.15) is 6.07 Å². The first-order valence-electron chi connectivity index (χ1n) is 6.06. The molecule has 1 rings (SSSR count). The van der Waals surface area contributed by atoms with Gasteiger partial charge in [-0.3, -0.25) is 0 Å². The number of esters is 2. The molecule has 22 heavy (non-hydrogen) atoms. The second-order valence-electron chi connectivity index (χ2n) is 3.81.